The second kappa shape index (κ2) is 11.8. The quantitative estimate of drug-likeness (QED) is 0.319. The number of hydrogen-bond donors (Lipinski definition) is 2. The van der Waals surface area contributed by atoms with E-state index in [0.29, 0.717) is 28.7 Å². The third kappa shape index (κ3) is 6.66. The highest BCUT2D eigenvalue weighted by Crippen LogP contribution is 2.29. The minimum atomic E-state index is -3.58. The van der Waals surface area contributed by atoms with E-state index in [2.05, 4.69) is 26.6 Å². The zero-order valence-corrected chi connectivity index (χ0v) is 23.2. The number of hydrogen-bond acceptors (Lipinski definition) is 6. The summed E-state index contributed by atoms with van der Waals surface area (Å²) in [5, 5.41) is 8.43. The maximum Gasteiger partial charge on any atom is 0.262 e. The van der Waals surface area contributed by atoms with Crippen molar-refractivity contribution in [2.24, 2.45) is 5.92 Å². The summed E-state index contributed by atoms with van der Waals surface area (Å²) in [6.07, 6.45) is 0.951. The predicted molar refractivity (Wildman–Crippen MR) is 142 cm³/mol. The fraction of sp³-hybridized carbons (Fsp3) is 0.391. The first-order valence-electron chi connectivity index (χ1n) is 10.9. The zero-order valence-electron chi connectivity index (χ0n) is 19.2. The Morgan fingerprint density at radius 3 is 2.56 bits per heavy atom. The van der Waals surface area contributed by atoms with Gasteiger partial charge in [0.1, 0.15) is 10.3 Å². The Morgan fingerprint density at radius 1 is 1.18 bits per heavy atom. The van der Waals surface area contributed by atoms with Gasteiger partial charge in [-0.25, -0.2) is 12.7 Å². The molecule has 0 spiro atoms. The molecule has 1 atom stereocenters. The number of halogens is 1. The number of amides is 2. The van der Waals surface area contributed by atoms with Crippen LogP contribution in [-0.4, -0.2) is 50.7 Å². The van der Waals surface area contributed by atoms with Crippen molar-refractivity contribution in [3.8, 4) is 0 Å². The van der Waals surface area contributed by atoms with Gasteiger partial charge in [0.25, 0.3) is 15.9 Å². The molecule has 11 heteroatoms. The van der Waals surface area contributed by atoms with Gasteiger partial charge in [-0.1, -0.05) is 32.0 Å². The van der Waals surface area contributed by atoms with Crippen LogP contribution in [0.4, 0.5) is 0 Å². The van der Waals surface area contributed by atoms with Crippen molar-refractivity contribution < 1.29 is 18.0 Å². The van der Waals surface area contributed by atoms with Gasteiger partial charge in [0, 0.05) is 29.3 Å². The Kier molecular flexibility index (Phi) is 9.27. The minimum Gasteiger partial charge on any atom is -0.354 e. The number of rotatable bonds is 11. The summed E-state index contributed by atoms with van der Waals surface area (Å²) >= 11 is 5.82. The van der Waals surface area contributed by atoms with E-state index in [1.54, 1.807) is 11.4 Å². The van der Waals surface area contributed by atoms with E-state index in [-0.39, 0.29) is 28.5 Å². The third-order valence-electron chi connectivity index (χ3n) is 5.16. The van der Waals surface area contributed by atoms with Gasteiger partial charge in [0.05, 0.1) is 4.88 Å². The van der Waals surface area contributed by atoms with Crippen LogP contribution in [0.15, 0.2) is 50.5 Å². The molecule has 0 saturated heterocycles. The molecule has 0 aliphatic rings. The van der Waals surface area contributed by atoms with E-state index in [9.17, 15) is 18.0 Å². The van der Waals surface area contributed by atoms with E-state index in [1.165, 1.54) is 22.7 Å². The molecule has 0 fully saturated rings. The predicted octanol–water partition coefficient (Wildman–Crippen LogP) is 4.70. The maximum atomic E-state index is 12.8. The van der Waals surface area contributed by atoms with E-state index < -0.39 is 16.1 Å². The number of nitrogens with one attached hydrogen (secondary N) is 2. The minimum absolute atomic E-state index is 0.207. The highest BCUT2D eigenvalue weighted by Gasteiger charge is 2.25. The number of fused-ring (bicyclic) bond motifs is 1. The fourth-order valence-corrected chi connectivity index (χ4v) is 8.07. The summed E-state index contributed by atoms with van der Waals surface area (Å²) < 4.78 is 28.4. The molecule has 184 valence electrons. The summed E-state index contributed by atoms with van der Waals surface area (Å²) in [6.45, 7) is 4.55. The summed E-state index contributed by atoms with van der Waals surface area (Å²) in [4.78, 5) is 26.2. The molecular formula is C23H28BrN3O4S3. The van der Waals surface area contributed by atoms with Crippen LogP contribution in [0.3, 0.4) is 0 Å². The van der Waals surface area contributed by atoms with Crippen LogP contribution >= 0.6 is 38.6 Å². The largest absolute Gasteiger partial charge is 0.354 e. The highest BCUT2D eigenvalue weighted by molar-refractivity contribution is 9.10. The standard InChI is InChI=1S/C23H28BrN3O4S3/c1-15(2)13-18(26-22(29)20-14-16-7-4-5-8-19(16)33-20)21(28)25-10-6-11-27(3)34(30,31)23-17(24)9-12-32-23/h4-5,7-9,12,14-15,18H,6,10-11,13H2,1-3H3,(H,25,28)(H,26,29)/t18-/m0/s1. The highest BCUT2D eigenvalue weighted by atomic mass is 79.9. The van der Waals surface area contributed by atoms with E-state index >= 15 is 0 Å². The number of nitrogens with zero attached hydrogens (tertiary/aromatic N) is 1. The topological polar surface area (TPSA) is 95.6 Å². The van der Waals surface area contributed by atoms with Crippen molar-refractivity contribution >= 4 is 70.5 Å². The lowest BCUT2D eigenvalue weighted by Gasteiger charge is -2.20. The van der Waals surface area contributed by atoms with Gasteiger partial charge in [0.2, 0.25) is 5.91 Å². The summed E-state index contributed by atoms with van der Waals surface area (Å²) in [7, 11) is -2.06. The summed E-state index contributed by atoms with van der Waals surface area (Å²) in [5.74, 6) is -0.331. The molecule has 2 amide bonds. The van der Waals surface area contributed by atoms with Crippen molar-refractivity contribution in [1.82, 2.24) is 14.9 Å². The van der Waals surface area contributed by atoms with Crippen LogP contribution in [0.1, 0.15) is 36.4 Å². The van der Waals surface area contributed by atoms with Gasteiger partial charge in [-0.15, -0.1) is 22.7 Å². The van der Waals surface area contributed by atoms with Crippen molar-refractivity contribution in [3.05, 3.63) is 51.1 Å². The molecule has 0 aliphatic heterocycles. The molecule has 2 heterocycles. The molecule has 2 aromatic heterocycles. The molecule has 0 bridgehead atoms. The Labute approximate surface area is 216 Å². The van der Waals surface area contributed by atoms with Crippen LogP contribution in [0, 0.1) is 5.92 Å². The first kappa shape index (κ1) is 26.8. The zero-order chi connectivity index (χ0) is 24.9. The van der Waals surface area contributed by atoms with Crippen molar-refractivity contribution in [2.75, 3.05) is 20.1 Å². The first-order chi connectivity index (χ1) is 16.1. The van der Waals surface area contributed by atoms with Crippen molar-refractivity contribution in [2.45, 2.75) is 36.9 Å². The normalized spacial score (nSPS) is 12.9. The maximum absolute atomic E-state index is 12.8. The SMILES string of the molecule is CC(C)C[C@H](NC(=O)c1cc2ccccc2s1)C(=O)NCCCN(C)S(=O)(=O)c1sccc1Br. The lowest BCUT2D eigenvalue weighted by Crippen LogP contribution is -2.47. The number of sulfonamides is 1. The van der Waals surface area contributed by atoms with Crippen molar-refractivity contribution in [3.63, 3.8) is 0 Å². The Balaban J connectivity index is 1.54. The monoisotopic (exact) mass is 585 g/mol. The number of thiophene rings is 2. The molecule has 2 N–H and O–H groups in total. The molecule has 0 saturated carbocycles. The van der Waals surface area contributed by atoms with Gasteiger partial charge in [-0.3, -0.25) is 9.59 Å². The lowest BCUT2D eigenvalue weighted by molar-refractivity contribution is -0.123. The van der Waals surface area contributed by atoms with Gasteiger partial charge in [-0.05, 0) is 63.7 Å². The average molecular weight is 587 g/mol. The van der Waals surface area contributed by atoms with Crippen LogP contribution in [0.25, 0.3) is 10.1 Å². The van der Waals surface area contributed by atoms with Crippen LogP contribution < -0.4 is 10.6 Å². The number of carbonyl (C=O) groups is 2. The van der Waals surface area contributed by atoms with Crippen molar-refractivity contribution in [1.29, 1.82) is 0 Å². The Bertz CT molecular complexity index is 1220. The second-order valence-corrected chi connectivity index (χ2v) is 13.4. The molecule has 0 aliphatic carbocycles. The van der Waals surface area contributed by atoms with E-state index in [4.69, 9.17) is 0 Å². The van der Waals surface area contributed by atoms with Crippen LogP contribution in [0.5, 0.6) is 0 Å². The molecule has 3 rings (SSSR count). The van der Waals surface area contributed by atoms with E-state index in [0.717, 1.165) is 21.4 Å². The van der Waals surface area contributed by atoms with Crippen LogP contribution in [-0.2, 0) is 14.8 Å². The molecule has 34 heavy (non-hydrogen) atoms. The number of benzene rings is 1. The van der Waals surface area contributed by atoms with Gasteiger partial charge in [-0.2, -0.15) is 0 Å². The smallest absolute Gasteiger partial charge is 0.262 e. The lowest BCUT2D eigenvalue weighted by atomic mass is 10.0. The van der Waals surface area contributed by atoms with Crippen LogP contribution in [0.2, 0.25) is 0 Å². The summed E-state index contributed by atoms with van der Waals surface area (Å²) in [6, 6.07) is 10.6. The Morgan fingerprint density at radius 2 is 1.91 bits per heavy atom. The average Bonchev–Trinajstić information content (AvgIpc) is 3.42. The van der Waals surface area contributed by atoms with Gasteiger partial charge >= 0.3 is 0 Å². The molecule has 0 radical (unpaired) electrons. The molecular weight excluding hydrogens is 558 g/mol. The molecule has 1 aromatic carbocycles. The molecule has 3 aromatic rings. The number of carbonyl (C=O) groups excluding carboxylic acids is 2. The summed E-state index contributed by atoms with van der Waals surface area (Å²) in [5.41, 5.74) is 0. The van der Waals surface area contributed by atoms with Gasteiger partial charge in [0.15, 0.2) is 0 Å². The third-order valence-corrected chi connectivity index (χ3v) is 10.8. The second-order valence-electron chi connectivity index (χ2n) is 8.33. The first-order valence-corrected chi connectivity index (χ1v) is 14.8. The van der Waals surface area contributed by atoms with Gasteiger partial charge < -0.3 is 10.6 Å². The Hall–Kier alpha value is -1.79. The molecule has 7 nitrogen and oxygen atoms in total. The molecule has 0 unspecified atom stereocenters. The fourth-order valence-electron chi connectivity index (χ4n) is 3.39. The van der Waals surface area contributed by atoms with E-state index in [1.807, 2.05) is 44.2 Å².